The molecule has 0 atom stereocenters. The molecule has 1 heterocycles. The van der Waals surface area contributed by atoms with Gasteiger partial charge >= 0.3 is 11.8 Å². The number of piperidine rings is 1. The van der Waals surface area contributed by atoms with Crippen molar-refractivity contribution < 1.29 is 19.1 Å². The fraction of sp³-hybridized carbons (Fsp3) is 0.579. The summed E-state index contributed by atoms with van der Waals surface area (Å²) in [6.45, 7) is 7.76. The lowest BCUT2D eigenvalue weighted by atomic mass is 9.77. The van der Waals surface area contributed by atoms with Crippen molar-refractivity contribution in [2.75, 3.05) is 19.5 Å². The minimum absolute atomic E-state index is 0.00189. The quantitative estimate of drug-likeness (QED) is 0.803. The van der Waals surface area contributed by atoms with Gasteiger partial charge in [0.25, 0.3) is 0 Å². The van der Waals surface area contributed by atoms with E-state index in [2.05, 4.69) is 5.32 Å². The molecule has 1 fully saturated rings. The highest BCUT2D eigenvalue weighted by molar-refractivity contribution is 6.39. The lowest BCUT2D eigenvalue weighted by Crippen LogP contribution is -2.66. The number of nitrogens with two attached hydrogens (primary N) is 1. The fourth-order valence-corrected chi connectivity index (χ4v) is 4.11. The van der Waals surface area contributed by atoms with E-state index in [1.54, 1.807) is 23.1 Å². The molecule has 2 rings (SSSR count). The first-order chi connectivity index (χ1) is 12.0. The van der Waals surface area contributed by atoms with Gasteiger partial charge < -0.3 is 25.4 Å². The predicted octanol–water partition coefficient (Wildman–Crippen LogP) is 2.15. The maximum atomic E-state index is 12.9. The van der Waals surface area contributed by atoms with Gasteiger partial charge in [0.2, 0.25) is 0 Å². The van der Waals surface area contributed by atoms with Crippen LogP contribution in [0.4, 0.5) is 5.69 Å². The molecular formula is C19H29N3O4. The molecule has 1 aromatic rings. The highest BCUT2D eigenvalue weighted by atomic mass is 16.5. The summed E-state index contributed by atoms with van der Waals surface area (Å²) in [7, 11) is 3.04. The highest BCUT2D eigenvalue weighted by Crippen LogP contribution is 2.38. The molecule has 0 aliphatic carbocycles. The predicted molar refractivity (Wildman–Crippen MR) is 100 cm³/mol. The van der Waals surface area contributed by atoms with Crippen LogP contribution in [0, 0.1) is 0 Å². The summed E-state index contributed by atoms with van der Waals surface area (Å²) in [5.41, 5.74) is 5.59. The summed E-state index contributed by atoms with van der Waals surface area (Å²) in [5, 5.41) is 2.65. The first-order valence-corrected chi connectivity index (χ1v) is 8.65. The second-order valence-corrected chi connectivity index (χ2v) is 7.96. The van der Waals surface area contributed by atoms with Crippen LogP contribution in [0.25, 0.3) is 0 Å². The van der Waals surface area contributed by atoms with Crippen molar-refractivity contribution in [2.45, 2.75) is 57.7 Å². The number of carbonyl (C=O) groups excluding carboxylic acids is 2. The molecule has 3 N–H and O–H groups in total. The molecule has 1 aromatic carbocycles. The molecule has 1 aliphatic heterocycles. The van der Waals surface area contributed by atoms with Crippen LogP contribution in [0.2, 0.25) is 0 Å². The van der Waals surface area contributed by atoms with Gasteiger partial charge in [-0.05, 0) is 52.7 Å². The third-order valence-corrected chi connectivity index (χ3v) is 4.77. The lowest BCUT2D eigenvalue weighted by Gasteiger charge is -2.54. The van der Waals surface area contributed by atoms with Crippen LogP contribution in [0.3, 0.4) is 0 Å². The van der Waals surface area contributed by atoms with Crippen molar-refractivity contribution >= 4 is 17.5 Å². The topological polar surface area (TPSA) is 93.9 Å². The second kappa shape index (κ2) is 7.15. The summed E-state index contributed by atoms with van der Waals surface area (Å²) in [6.07, 6.45) is 1.29. The third-order valence-electron chi connectivity index (χ3n) is 4.77. The van der Waals surface area contributed by atoms with E-state index in [9.17, 15) is 9.59 Å². The second-order valence-electron chi connectivity index (χ2n) is 7.96. The molecule has 7 heteroatoms. The summed E-state index contributed by atoms with van der Waals surface area (Å²) in [6, 6.07) is 4.95. The maximum absolute atomic E-state index is 12.9. The average molecular weight is 363 g/mol. The number of nitrogens with zero attached hydrogens (tertiary/aromatic N) is 1. The van der Waals surface area contributed by atoms with Crippen LogP contribution < -0.4 is 20.5 Å². The monoisotopic (exact) mass is 363 g/mol. The number of likely N-dealkylation sites (tertiary alicyclic amines) is 1. The molecule has 0 unspecified atom stereocenters. The third kappa shape index (κ3) is 3.93. The Morgan fingerprint density at radius 1 is 1.08 bits per heavy atom. The van der Waals surface area contributed by atoms with Crippen molar-refractivity contribution in [2.24, 2.45) is 5.73 Å². The van der Waals surface area contributed by atoms with Crippen LogP contribution >= 0.6 is 0 Å². The average Bonchev–Trinajstić information content (AvgIpc) is 2.51. The van der Waals surface area contributed by atoms with Gasteiger partial charge in [-0.3, -0.25) is 9.59 Å². The van der Waals surface area contributed by atoms with E-state index in [4.69, 9.17) is 15.2 Å². The molecule has 7 nitrogen and oxygen atoms in total. The fourth-order valence-electron chi connectivity index (χ4n) is 4.11. The van der Waals surface area contributed by atoms with E-state index in [-0.39, 0.29) is 6.04 Å². The Hall–Kier alpha value is -2.28. The molecule has 1 aliphatic rings. The van der Waals surface area contributed by atoms with Gasteiger partial charge in [0, 0.05) is 28.9 Å². The standard InChI is InChI=1S/C19H29N3O4/c1-18(2)10-12(20)11-19(3,4)22(18)17(24)16(23)21-13-7-8-14(25-5)15(9-13)26-6/h7-9,12H,10-11,20H2,1-6H3,(H,21,23). The van der Waals surface area contributed by atoms with Gasteiger partial charge in [-0.1, -0.05) is 0 Å². The molecule has 26 heavy (non-hydrogen) atoms. The Kier molecular flexibility index (Phi) is 5.51. The molecule has 0 spiro atoms. The number of amides is 2. The zero-order valence-corrected chi connectivity index (χ0v) is 16.4. The minimum atomic E-state index is -0.686. The number of hydrogen-bond donors (Lipinski definition) is 2. The molecule has 0 saturated carbocycles. The molecule has 1 saturated heterocycles. The molecule has 0 aromatic heterocycles. The highest BCUT2D eigenvalue weighted by Gasteiger charge is 2.48. The van der Waals surface area contributed by atoms with Gasteiger partial charge in [0.1, 0.15) is 0 Å². The number of rotatable bonds is 3. The number of hydrogen-bond acceptors (Lipinski definition) is 5. The van der Waals surface area contributed by atoms with Crippen LogP contribution in [0.5, 0.6) is 11.5 Å². The van der Waals surface area contributed by atoms with E-state index < -0.39 is 22.9 Å². The van der Waals surface area contributed by atoms with Crippen LogP contribution in [-0.4, -0.2) is 48.1 Å². The molecule has 144 valence electrons. The van der Waals surface area contributed by atoms with Crippen molar-refractivity contribution in [3.63, 3.8) is 0 Å². The Balaban J connectivity index is 2.22. The Labute approximate surface area is 154 Å². The van der Waals surface area contributed by atoms with Crippen molar-refractivity contribution in [1.82, 2.24) is 4.90 Å². The first-order valence-electron chi connectivity index (χ1n) is 8.65. The van der Waals surface area contributed by atoms with Gasteiger partial charge in [0.05, 0.1) is 14.2 Å². The van der Waals surface area contributed by atoms with Gasteiger partial charge in [-0.25, -0.2) is 0 Å². The minimum Gasteiger partial charge on any atom is -0.493 e. The largest absolute Gasteiger partial charge is 0.493 e. The number of methoxy groups -OCH3 is 2. The van der Waals surface area contributed by atoms with Crippen molar-refractivity contribution in [3.8, 4) is 11.5 Å². The van der Waals surface area contributed by atoms with Crippen LogP contribution in [-0.2, 0) is 9.59 Å². The first kappa shape index (κ1) is 20.0. The number of ether oxygens (including phenoxy) is 2. The SMILES string of the molecule is COc1ccc(NC(=O)C(=O)N2C(C)(C)CC(N)CC2(C)C)cc1OC. The number of benzene rings is 1. The van der Waals surface area contributed by atoms with Crippen LogP contribution in [0.15, 0.2) is 18.2 Å². The number of anilines is 1. The Morgan fingerprint density at radius 2 is 1.62 bits per heavy atom. The summed E-state index contributed by atoms with van der Waals surface area (Å²) in [5.74, 6) is -0.234. The van der Waals surface area contributed by atoms with Crippen LogP contribution in [0.1, 0.15) is 40.5 Å². The smallest absolute Gasteiger partial charge is 0.313 e. The van der Waals surface area contributed by atoms with E-state index in [0.29, 0.717) is 30.0 Å². The summed E-state index contributed by atoms with van der Waals surface area (Å²) in [4.78, 5) is 27.2. The Bertz CT molecular complexity index is 682. The zero-order valence-electron chi connectivity index (χ0n) is 16.4. The Morgan fingerprint density at radius 3 is 2.12 bits per heavy atom. The van der Waals surface area contributed by atoms with E-state index in [1.165, 1.54) is 14.2 Å². The summed E-state index contributed by atoms with van der Waals surface area (Å²) < 4.78 is 10.4. The van der Waals surface area contributed by atoms with Gasteiger partial charge in [0.15, 0.2) is 11.5 Å². The lowest BCUT2D eigenvalue weighted by molar-refractivity contribution is -0.156. The van der Waals surface area contributed by atoms with Crippen molar-refractivity contribution in [1.29, 1.82) is 0 Å². The number of nitrogens with one attached hydrogen (secondary N) is 1. The normalized spacial score (nSPS) is 19.0. The summed E-state index contributed by atoms with van der Waals surface area (Å²) >= 11 is 0. The number of carbonyl (C=O) groups is 2. The molecular weight excluding hydrogens is 334 g/mol. The maximum Gasteiger partial charge on any atom is 0.313 e. The molecule has 0 radical (unpaired) electrons. The van der Waals surface area contributed by atoms with E-state index >= 15 is 0 Å². The van der Waals surface area contributed by atoms with E-state index in [1.807, 2.05) is 27.7 Å². The van der Waals surface area contributed by atoms with Crippen molar-refractivity contribution in [3.05, 3.63) is 18.2 Å². The zero-order chi connectivity index (χ0) is 19.7. The van der Waals surface area contributed by atoms with E-state index in [0.717, 1.165) is 0 Å². The van der Waals surface area contributed by atoms with Gasteiger partial charge in [-0.15, -0.1) is 0 Å². The molecule has 2 amide bonds. The molecule has 0 bridgehead atoms. The van der Waals surface area contributed by atoms with Gasteiger partial charge in [-0.2, -0.15) is 0 Å².